The fraction of sp³-hybridized carbons (Fsp3) is 0.381. The first-order chi connectivity index (χ1) is 12.9. The van der Waals surface area contributed by atoms with Gasteiger partial charge in [0.2, 0.25) is 0 Å². The molecule has 0 bridgehead atoms. The van der Waals surface area contributed by atoms with Crippen LogP contribution in [-0.2, 0) is 4.79 Å². The van der Waals surface area contributed by atoms with Crippen LogP contribution in [0.15, 0.2) is 48.5 Å². The van der Waals surface area contributed by atoms with Crippen molar-refractivity contribution in [3.8, 4) is 11.5 Å². The molecule has 6 nitrogen and oxygen atoms in total. The second kappa shape index (κ2) is 9.83. The number of amides is 1. The number of rotatable bonds is 9. The van der Waals surface area contributed by atoms with Crippen molar-refractivity contribution < 1.29 is 19.2 Å². The number of hydrogen-bond donors (Lipinski definition) is 2. The molecular formula is C21H30N3O3+. The Morgan fingerprint density at radius 1 is 1.07 bits per heavy atom. The van der Waals surface area contributed by atoms with E-state index < -0.39 is 0 Å². The highest BCUT2D eigenvalue weighted by atomic mass is 16.5. The molecule has 0 saturated heterocycles. The van der Waals surface area contributed by atoms with Gasteiger partial charge in [-0.1, -0.05) is 24.3 Å². The second-order valence-corrected chi connectivity index (χ2v) is 6.86. The number of methoxy groups -OCH3 is 1. The van der Waals surface area contributed by atoms with Crippen LogP contribution in [0.25, 0.3) is 0 Å². The molecule has 6 heteroatoms. The summed E-state index contributed by atoms with van der Waals surface area (Å²) in [5.74, 6) is 1.02. The molecule has 0 radical (unpaired) electrons. The van der Waals surface area contributed by atoms with Gasteiger partial charge in [-0.15, -0.1) is 0 Å². The number of para-hydroxylation sites is 2. The number of anilines is 1. The maximum Gasteiger partial charge on any atom is 0.258 e. The van der Waals surface area contributed by atoms with E-state index in [2.05, 4.69) is 48.6 Å². The third-order valence-corrected chi connectivity index (χ3v) is 4.44. The minimum absolute atomic E-state index is 0.0462. The Labute approximate surface area is 161 Å². The highest BCUT2D eigenvalue weighted by Gasteiger charge is 2.19. The molecule has 1 atom stereocenters. The normalized spacial score (nSPS) is 11.8. The minimum Gasteiger partial charge on any atom is -0.493 e. The SMILES string of the molecule is COc1ccccc1OCC(=O)NC[C@@H](c1ccc(N(C)C)cc1)[NH+](C)C. The maximum atomic E-state index is 12.2. The first kappa shape index (κ1) is 20.6. The molecule has 27 heavy (non-hydrogen) atoms. The quantitative estimate of drug-likeness (QED) is 0.693. The van der Waals surface area contributed by atoms with Gasteiger partial charge in [-0.05, 0) is 24.3 Å². The van der Waals surface area contributed by atoms with Gasteiger partial charge in [0.15, 0.2) is 18.1 Å². The molecule has 0 aliphatic rings. The van der Waals surface area contributed by atoms with Crippen molar-refractivity contribution in [2.75, 3.05) is 53.4 Å². The van der Waals surface area contributed by atoms with Crippen molar-refractivity contribution in [1.82, 2.24) is 5.32 Å². The van der Waals surface area contributed by atoms with Crippen LogP contribution in [0.2, 0.25) is 0 Å². The van der Waals surface area contributed by atoms with E-state index in [4.69, 9.17) is 9.47 Å². The first-order valence-corrected chi connectivity index (χ1v) is 9.02. The third-order valence-electron chi connectivity index (χ3n) is 4.44. The average Bonchev–Trinajstić information content (AvgIpc) is 2.66. The summed E-state index contributed by atoms with van der Waals surface area (Å²) >= 11 is 0. The molecule has 1 amide bonds. The van der Waals surface area contributed by atoms with Gasteiger partial charge in [0.25, 0.3) is 5.91 Å². The zero-order valence-electron chi connectivity index (χ0n) is 16.8. The van der Waals surface area contributed by atoms with E-state index in [1.54, 1.807) is 19.2 Å². The predicted molar refractivity (Wildman–Crippen MR) is 108 cm³/mol. The molecule has 2 N–H and O–H groups in total. The third kappa shape index (κ3) is 5.89. The van der Waals surface area contributed by atoms with Crippen LogP contribution >= 0.6 is 0 Å². The number of benzene rings is 2. The molecule has 0 aliphatic heterocycles. The second-order valence-electron chi connectivity index (χ2n) is 6.86. The Bertz CT molecular complexity index is 730. The monoisotopic (exact) mass is 372 g/mol. The smallest absolute Gasteiger partial charge is 0.258 e. The van der Waals surface area contributed by atoms with Crippen LogP contribution in [-0.4, -0.2) is 54.4 Å². The number of nitrogens with one attached hydrogen (secondary N) is 2. The van der Waals surface area contributed by atoms with Crippen molar-refractivity contribution in [2.45, 2.75) is 6.04 Å². The molecular weight excluding hydrogens is 342 g/mol. The van der Waals surface area contributed by atoms with Crippen LogP contribution in [0.5, 0.6) is 11.5 Å². The van der Waals surface area contributed by atoms with E-state index in [1.165, 1.54) is 10.5 Å². The summed E-state index contributed by atoms with van der Waals surface area (Å²) in [6.45, 7) is 0.493. The fourth-order valence-corrected chi connectivity index (χ4v) is 2.81. The number of nitrogens with zero attached hydrogens (tertiary/aromatic N) is 1. The van der Waals surface area contributed by atoms with Crippen molar-refractivity contribution in [3.05, 3.63) is 54.1 Å². The lowest BCUT2D eigenvalue weighted by atomic mass is 10.1. The standard InChI is InChI=1S/C21H29N3O3/c1-23(2)17-12-10-16(11-13-17)18(24(3)4)14-22-21(25)15-27-20-9-7-6-8-19(20)26-5/h6-13,18H,14-15H2,1-5H3,(H,22,25)/p+1/t18-/m0/s1. The topological polar surface area (TPSA) is 55.2 Å². The Morgan fingerprint density at radius 3 is 2.26 bits per heavy atom. The fourth-order valence-electron chi connectivity index (χ4n) is 2.81. The maximum absolute atomic E-state index is 12.2. The summed E-state index contributed by atoms with van der Waals surface area (Å²) in [6.07, 6.45) is 0. The Morgan fingerprint density at radius 2 is 1.70 bits per heavy atom. The van der Waals surface area contributed by atoms with Gasteiger partial charge in [0.1, 0.15) is 6.04 Å². The highest BCUT2D eigenvalue weighted by Crippen LogP contribution is 2.25. The van der Waals surface area contributed by atoms with E-state index in [9.17, 15) is 4.79 Å². The van der Waals surface area contributed by atoms with Gasteiger partial charge < -0.3 is 24.6 Å². The molecule has 0 aromatic heterocycles. The first-order valence-electron chi connectivity index (χ1n) is 9.02. The van der Waals surface area contributed by atoms with E-state index in [0.717, 1.165) is 5.69 Å². The van der Waals surface area contributed by atoms with Crippen LogP contribution in [0.4, 0.5) is 5.69 Å². The Kier molecular flexibility index (Phi) is 7.49. The number of likely N-dealkylation sites (N-methyl/N-ethyl adjacent to an activating group) is 1. The van der Waals surface area contributed by atoms with E-state index in [0.29, 0.717) is 18.0 Å². The summed E-state index contributed by atoms with van der Waals surface area (Å²) in [6, 6.07) is 15.9. The van der Waals surface area contributed by atoms with Crippen LogP contribution < -0.4 is 24.6 Å². The van der Waals surface area contributed by atoms with E-state index in [1.807, 2.05) is 26.2 Å². The molecule has 0 unspecified atom stereocenters. The molecule has 0 heterocycles. The molecule has 2 aromatic carbocycles. The van der Waals surface area contributed by atoms with Crippen molar-refractivity contribution >= 4 is 11.6 Å². The summed E-state index contributed by atoms with van der Waals surface area (Å²) in [5.41, 5.74) is 2.34. The molecule has 0 saturated carbocycles. The van der Waals surface area contributed by atoms with Gasteiger partial charge in [-0.25, -0.2) is 0 Å². The number of ether oxygens (including phenoxy) is 2. The van der Waals surface area contributed by atoms with E-state index in [-0.39, 0.29) is 18.6 Å². The lowest BCUT2D eigenvalue weighted by Gasteiger charge is -2.23. The predicted octanol–water partition coefficient (Wildman–Crippen LogP) is 1.14. The summed E-state index contributed by atoms with van der Waals surface area (Å²) in [5, 5.41) is 2.97. The van der Waals surface area contributed by atoms with Gasteiger partial charge in [0.05, 0.1) is 27.7 Å². The zero-order valence-corrected chi connectivity index (χ0v) is 16.8. The molecule has 0 fully saturated rings. The number of quaternary nitrogens is 1. The van der Waals surface area contributed by atoms with Crippen LogP contribution in [0, 0.1) is 0 Å². The molecule has 2 aromatic rings. The van der Waals surface area contributed by atoms with Crippen molar-refractivity contribution in [3.63, 3.8) is 0 Å². The Balaban J connectivity index is 1.92. The molecule has 146 valence electrons. The summed E-state index contributed by atoms with van der Waals surface area (Å²) in [4.78, 5) is 15.5. The van der Waals surface area contributed by atoms with E-state index >= 15 is 0 Å². The average molecular weight is 372 g/mol. The van der Waals surface area contributed by atoms with Gasteiger partial charge in [0, 0.05) is 25.3 Å². The van der Waals surface area contributed by atoms with Crippen molar-refractivity contribution in [1.29, 1.82) is 0 Å². The van der Waals surface area contributed by atoms with Crippen LogP contribution in [0.1, 0.15) is 11.6 Å². The number of carbonyl (C=O) groups excluding carboxylic acids is 1. The Hall–Kier alpha value is -2.73. The molecule has 0 aliphatic carbocycles. The van der Waals surface area contributed by atoms with Gasteiger partial charge in [-0.2, -0.15) is 0 Å². The molecule has 0 spiro atoms. The lowest BCUT2D eigenvalue weighted by molar-refractivity contribution is -0.890. The minimum atomic E-state index is -0.155. The van der Waals surface area contributed by atoms with Gasteiger partial charge >= 0.3 is 0 Å². The summed E-state index contributed by atoms with van der Waals surface area (Å²) in [7, 11) is 9.79. The lowest BCUT2D eigenvalue weighted by Crippen LogP contribution is -3.07. The largest absolute Gasteiger partial charge is 0.493 e. The number of hydrogen-bond acceptors (Lipinski definition) is 4. The van der Waals surface area contributed by atoms with Crippen LogP contribution in [0.3, 0.4) is 0 Å². The number of carbonyl (C=O) groups is 1. The van der Waals surface area contributed by atoms with Gasteiger partial charge in [-0.3, -0.25) is 4.79 Å². The zero-order chi connectivity index (χ0) is 19.8. The highest BCUT2D eigenvalue weighted by molar-refractivity contribution is 5.77. The van der Waals surface area contributed by atoms with Crippen molar-refractivity contribution in [2.24, 2.45) is 0 Å². The summed E-state index contributed by atoms with van der Waals surface area (Å²) < 4.78 is 10.8. The molecule has 2 rings (SSSR count).